The molecule has 3 N–H and O–H groups in total. The largest absolute Gasteiger partial charge is 0.397 e. The minimum atomic E-state index is -3.66. The first-order valence-electron chi connectivity index (χ1n) is 5.30. The quantitative estimate of drug-likeness (QED) is 0.911. The highest BCUT2D eigenvalue weighted by Crippen LogP contribution is 2.31. The molecule has 0 unspecified atom stereocenters. The molecule has 2 rings (SSSR count). The van der Waals surface area contributed by atoms with E-state index in [4.69, 9.17) is 17.3 Å². The predicted molar refractivity (Wildman–Crippen MR) is 78.3 cm³/mol. The summed E-state index contributed by atoms with van der Waals surface area (Å²) < 4.78 is 27.3. The summed E-state index contributed by atoms with van der Waals surface area (Å²) in [4.78, 5) is 3.94. The van der Waals surface area contributed by atoms with Crippen molar-refractivity contribution in [1.29, 1.82) is 0 Å². The molecule has 102 valence electrons. The second-order valence-electron chi connectivity index (χ2n) is 4.05. The third-order valence-electron chi connectivity index (χ3n) is 2.49. The molecular formula is C11H12ClN3O2S2. The van der Waals surface area contributed by atoms with Crippen LogP contribution < -0.4 is 10.5 Å². The average Bonchev–Trinajstić information content (AvgIpc) is 2.65. The van der Waals surface area contributed by atoms with Gasteiger partial charge in [0.05, 0.1) is 16.2 Å². The maximum atomic E-state index is 12.1. The Morgan fingerprint density at radius 3 is 2.53 bits per heavy atom. The maximum absolute atomic E-state index is 12.1. The molecule has 0 aliphatic heterocycles. The number of rotatable bonds is 3. The van der Waals surface area contributed by atoms with E-state index in [0.29, 0.717) is 10.0 Å². The highest BCUT2D eigenvalue weighted by molar-refractivity contribution is 7.94. The maximum Gasteiger partial charge on any atom is 0.272 e. The van der Waals surface area contributed by atoms with Gasteiger partial charge in [-0.2, -0.15) is 0 Å². The highest BCUT2D eigenvalue weighted by atomic mass is 35.5. The van der Waals surface area contributed by atoms with Crippen LogP contribution in [0, 0.1) is 13.8 Å². The molecule has 5 nitrogen and oxygen atoms in total. The van der Waals surface area contributed by atoms with Crippen LogP contribution >= 0.6 is 22.9 Å². The smallest absolute Gasteiger partial charge is 0.272 e. The van der Waals surface area contributed by atoms with E-state index >= 15 is 0 Å². The van der Waals surface area contributed by atoms with Crippen molar-refractivity contribution in [3.05, 3.63) is 33.8 Å². The molecule has 0 radical (unpaired) electrons. The van der Waals surface area contributed by atoms with Gasteiger partial charge in [0, 0.05) is 0 Å². The summed E-state index contributed by atoms with van der Waals surface area (Å²) in [6, 6.07) is 3.11. The molecule has 0 amide bonds. The van der Waals surface area contributed by atoms with Gasteiger partial charge >= 0.3 is 0 Å². The van der Waals surface area contributed by atoms with Crippen molar-refractivity contribution in [3.8, 4) is 0 Å². The van der Waals surface area contributed by atoms with E-state index in [1.54, 1.807) is 19.9 Å². The zero-order chi connectivity index (χ0) is 14.2. The Bertz CT molecular complexity index is 706. The molecule has 0 spiro atoms. The van der Waals surface area contributed by atoms with Crippen LogP contribution in [0.15, 0.2) is 22.5 Å². The van der Waals surface area contributed by atoms with Gasteiger partial charge in [-0.15, -0.1) is 11.3 Å². The Labute approximate surface area is 120 Å². The van der Waals surface area contributed by atoms with E-state index in [1.165, 1.54) is 12.3 Å². The normalized spacial score (nSPS) is 11.5. The van der Waals surface area contributed by atoms with E-state index in [2.05, 4.69) is 9.71 Å². The summed E-state index contributed by atoms with van der Waals surface area (Å²) in [6.45, 7) is 3.53. The first-order chi connectivity index (χ1) is 8.79. The lowest BCUT2D eigenvalue weighted by Gasteiger charge is -2.07. The summed E-state index contributed by atoms with van der Waals surface area (Å²) >= 11 is 6.89. The first kappa shape index (κ1) is 14.1. The zero-order valence-corrected chi connectivity index (χ0v) is 12.7. The number of anilines is 2. The fraction of sp³-hybridized carbons (Fsp3) is 0.182. The molecule has 2 aromatic rings. The number of pyridine rings is 1. The third-order valence-corrected chi connectivity index (χ3v) is 5.87. The molecule has 0 aliphatic rings. The Morgan fingerprint density at radius 2 is 2.00 bits per heavy atom. The average molecular weight is 318 g/mol. The number of aryl methyl sites for hydroxylation is 2. The molecule has 0 saturated heterocycles. The van der Waals surface area contributed by atoms with Crippen molar-refractivity contribution in [2.45, 2.75) is 18.1 Å². The fourth-order valence-corrected chi connectivity index (χ4v) is 4.08. The van der Waals surface area contributed by atoms with E-state index < -0.39 is 10.0 Å². The molecule has 0 fully saturated rings. The number of nitrogens with one attached hydrogen (secondary N) is 1. The molecule has 0 saturated carbocycles. The van der Waals surface area contributed by atoms with E-state index in [1.807, 2.05) is 0 Å². The van der Waals surface area contributed by atoms with Gasteiger partial charge in [0.2, 0.25) is 0 Å². The van der Waals surface area contributed by atoms with Crippen molar-refractivity contribution in [2.24, 2.45) is 0 Å². The summed E-state index contributed by atoms with van der Waals surface area (Å²) in [5.74, 6) is 0.230. The minimum absolute atomic E-state index is 0.159. The van der Waals surface area contributed by atoms with Crippen molar-refractivity contribution < 1.29 is 8.42 Å². The van der Waals surface area contributed by atoms with Crippen molar-refractivity contribution in [3.63, 3.8) is 0 Å². The summed E-state index contributed by atoms with van der Waals surface area (Å²) in [6.07, 6.45) is 1.42. The van der Waals surface area contributed by atoms with Crippen molar-refractivity contribution in [1.82, 2.24) is 4.98 Å². The van der Waals surface area contributed by atoms with Crippen LogP contribution in [0.4, 0.5) is 11.5 Å². The third kappa shape index (κ3) is 2.99. The number of nitrogens with zero attached hydrogens (tertiary/aromatic N) is 1. The lowest BCUT2D eigenvalue weighted by Crippen LogP contribution is -2.13. The number of thiophene rings is 1. The standard InChI is InChI=1S/C11H12ClN3O2S2/c1-6-3-9(14-5-8(6)13)15-19(16,17)10-4-7(2)11(12)18-10/h3-5H,13H2,1-2H3,(H,14,15). The molecule has 0 atom stereocenters. The van der Waals surface area contributed by atoms with Crippen LogP contribution in [0.5, 0.6) is 0 Å². The van der Waals surface area contributed by atoms with Crippen LogP contribution in [0.25, 0.3) is 0 Å². The zero-order valence-electron chi connectivity index (χ0n) is 10.3. The molecule has 0 bridgehead atoms. The number of halogens is 1. The van der Waals surface area contributed by atoms with Crippen LogP contribution in [0.2, 0.25) is 4.34 Å². The van der Waals surface area contributed by atoms with Gasteiger partial charge < -0.3 is 5.73 Å². The van der Waals surface area contributed by atoms with Gasteiger partial charge in [-0.05, 0) is 37.1 Å². The Hall–Kier alpha value is -1.31. The summed E-state index contributed by atoms with van der Waals surface area (Å²) in [7, 11) is -3.66. The summed E-state index contributed by atoms with van der Waals surface area (Å²) in [5.41, 5.74) is 7.63. The number of aromatic nitrogens is 1. The minimum Gasteiger partial charge on any atom is -0.397 e. The van der Waals surface area contributed by atoms with Gasteiger partial charge in [0.25, 0.3) is 10.0 Å². The van der Waals surface area contributed by atoms with E-state index in [0.717, 1.165) is 22.5 Å². The SMILES string of the molecule is Cc1cc(NS(=O)(=O)c2cc(C)c(Cl)s2)ncc1N. The van der Waals surface area contributed by atoms with Crippen LogP contribution in [0.3, 0.4) is 0 Å². The fourth-order valence-electron chi connectivity index (χ4n) is 1.37. The lowest BCUT2D eigenvalue weighted by atomic mass is 10.2. The number of hydrogen-bond donors (Lipinski definition) is 2. The van der Waals surface area contributed by atoms with Crippen molar-refractivity contribution >= 4 is 44.5 Å². The van der Waals surface area contributed by atoms with Gasteiger partial charge in [0.1, 0.15) is 10.0 Å². The Kier molecular flexibility index (Phi) is 3.71. The van der Waals surface area contributed by atoms with E-state index in [9.17, 15) is 8.42 Å². The lowest BCUT2D eigenvalue weighted by molar-refractivity contribution is 0.603. The second kappa shape index (κ2) is 4.99. The molecule has 2 heterocycles. The molecular weight excluding hydrogens is 306 g/mol. The molecule has 19 heavy (non-hydrogen) atoms. The van der Waals surface area contributed by atoms with Crippen molar-refractivity contribution in [2.75, 3.05) is 10.5 Å². The highest BCUT2D eigenvalue weighted by Gasteiger charge is 2.19. The van der Waals surface area contributed by atoms with Gasteiger partial charge in [0.15, 0.2) is 0 Å². The first-order valence-corrected chi connectivity index (χ1v) is 7.98. The van der Waals surface area contributed by atoms with Gasteiger partial charge in [-0.1, -0.05) is 11.6 Å². The molecule has 0 aliphatic carbocycles. The van der Waals surface area contributed by atoms with Crippen LogP contribution in [-0.2, 0) is 10.0 Å². The second-order valence-corrected chi connectivity index (χ2v) is 7.62. The number of nitrogen functional groups attached to an aromatic ring is 1. The topological polar surface area (TPSA) is 85.1 Å². The van der Waals surface area contributed by atoms with Crippen LogP contribution in [0.1, 0.15) is 11.1 Å². The summed E-state index contributed by atoms with van der Waals surface area (Å²) in [5, 5.41) is 0. The van der Waals surface area contributed by atoms with Crippen LogP contribution in [-0.4, -0.2) is 13.4 Å². The molecule has 2 aromatic heterocycles. The Morgan fingerprint density at radius 1 is 1.32 bits per heavy atom. The number of sulfonamides is 1. The number of nitrogens with two attached hydrogens (primary N) is 1. The monoisotopic (exact) mass is 317 g/mol. The Balaban J connectivity index is 2.33. The predicted octanol–water partition coefficient (Wildman–Crippen LogP) is 2.80. The molecule has 0 aromatic carbocycles. The van der Waals surface area contributed by atoms with Gasteiger partial charge in [-0.25, -0.2) is 13.4 Å². The number of hydrogen-bond acceptors (Lipinski definition) is 5. The van der Waals surface area contributed by atoms with E-state index in [-0.39, 0.29) is 10.0 Å². The molecule has 8 heteroatoms. The van der Waals surface area contributed by atoms with Gasteiger partial charge in [-0.3, -0.25) is 4.72 Å².